The molecule has 0 saturated carbocycles. The van der Waals surface area contributed by atoms with Crippen molar-refractivity contribution in [2.24, 2.45) is 0 Å². The lowest BCUT2D eigenvalue weighted by atomic mass is 10.1. The highest BCUT2D eigenvalue weighted by atomic mass is 32.2. The van der Waals surface area contributed by atoms with Crippen LogP contribution in [-0.4, -0.2) is 45.4 Å². The first-order chi connectivity index (χ1) is 9.92. The fraction of sp³-hybridized carbons (Fsp3) is 0.357. The van der Waals surface area contributed by atoms with Crippen molar-refractivity contribution in [3.63, 3.8) is 0 Å². The summed E-state index contributed by atoms with van der Waals surface area (Å²) < 4.78 is 24.0. The Balaban J connectivity index is 2.47. The van der Waals surface area contributed by atoms with Gasteiger partial charge in [0.1, 0.15) is 0 Å². The summed E-state index contributed by atoms with van der Waals surface area (Å²) in [5, 5.41) is 11.2. The van der Waals surface area contributed by atoms with E-state index in [4.69, 9.17) is 5.11 Å². The van der Waals surface area contributed by atoms with Gasteiger partial charge in [0.05, 0.1) is 12.9 Å². The summed E-state index contributed by atoms with van der Waals surface area (Å²) in [4.78, 5) is 11.8. The number of benzene rings is 1. The minimum Gasteiger partial charge on any atom is -0.395 e. The maximum atomic E-state index is 11.8. The van der Waals surface area contributed by atoms with Gasteiger partial charge in [-0.3, -0.25) is 4.79 Å². The average Bonchev–Trinajstić information content (AvgIpc) is 2.43. The lowest BCUT2D eigenvalue weighted by Crippen LogP contribution is -2.34. The third-order valence-electron chi connectivity index (χ3n) is 2.39. The van der Waals surface area contributed by atoms with E-state index in [1.54, 1.807) is 24.3 Å². The van der Waals surface area contributed by atoms with E-state index in [0.717, 1.165) is 11.8 Å². The maximum Gasteiger partial charge on any atom is 0.251 e. The Hall–Kier alpha value is -1.88. The van der Waals surface area contributed by atoms with Crippen molar-refractivity contribution in [1.29, 1.82) is 0 Å². The number of amides is 1. The summed E-state index contributed by atoms with van der Waals surface area (Å²) in [6.07, 6.45) is 1.47. The monoisotopic (exact) mass is 310 g/mol. The first-order valence-electron chi connectivity index (χ1n) is 6.35. The number of hydrogen-bond donors (Lipinski definition) is 3. The summed E-state index contributed by atoms with van der Waals surface area (Å²) >= 11 is 0. The first-order valence-corrected chi connectivity index (χ1v) is 8.24. The molecule has 0 aliphatic carbocycles. The van der Waals surface area contributed by atoms with E-state index in [-0.39, 0.29) is 25.6 Å². The largest absolute Gasteiger partial charge is 0.395 e. The molecular formula is C14H18N2O4S. The highest BCUT2D eigenvalue weighted by molar-refractivity contribution is 7.88. The van der Waals surface area contributed by atoms with Crippen molar-refractivity contribution in [2.75, 3.05) is 26.0 Å². The highest BCUT2D eigenvalue weighted by Crippen LogP contribution is 2.03. The Morgan fingerprint density at radius 1 is 1.24 bits per heavy atom. The Bertz CT molecular complexity index is 627. The number of carbonyl (C=O) groups is 1. The molecule has 0 atom stereocenters. The van der Waals surface area contributed by atoms with Gasteiger partial charge in [-0.25, -0.2) is 13.1 Å². The Kier molecular flexibility index (Phi) is 6.88. The summed E-state index contributed by atoms with van der Waals surface area (Å²) in [5.74, 6) is 5.37. The molecule has 1 rings (SSSR count). The Morgan fingerprint density at radius 2 is 1.90 bits per heavy atom. The van der Waals surface area contributed by atoms with E-state index < -0.39 is 10.0 Å². The molecule has 0 saturated heterocycles. The van der Waals surface area contributed by atoms with Gasteiger partial charge in [-0.2, -0.15) is 0 Å². The zero-order valence-corrected chi connectivity index (χ0v) is 12.5. The fourth-order valence-corrected chi connectivity index (χ4v) is 1.91. The van der Waals surface area contributed by atoms with Crippen LogP contribution in [0.15, 0.2) is 24.3 Å². The molecule has 1 aromatic rings. The van der Waals surface area contributed by atoms with Crippen LogP contribution < -0.4 is 10.0 Å². The first kappa shape index (κ1) is 17.2. The van der Waals surface area contributed by atoms with Crippen LogP contribution in [0.2, 0.25) is 0 Å². The van der Waals surface area contributed by atoms with Gasteiger partial charge in [0, 0.05) is 30.6 Å². The lowest BCUT2D eigenvalue weighted by molar-refractivity contribution is 0.0954. The minimum atomic E-state index is -3.24. The van der Waals surface area contributed by atoms with E-state index in [1.807, 2.05) is 0 Å². The molecule has 0 aliphatic rings. The van der Waals surface area contributed by atoms with Crippen molar-refractivity contribution >= 4 is 15.9 Å². The van der Waals surface area contributed by atoms with E-state index in [0.29, 0.717) is 12.0 Å². The third-order valence-corrected chi connectivity index (χ3v) is 3.12. The molecule has 21 heavy (non-hydrogen) atoms. The number of hydrogen-bond acceptors (Lipinski definition) is 4. The molecule has 3 N–H and O–H groups in total. The summed E-state index contributed by atoms with van der Waals surface area (Å²) in [7, 11) is -3.24. The number of aliphatic hydroxyl groups excluding tert-OH is 1. The zero-order valence-electron chi connectivity index (χ0n) is 11.7. The molecule has 114 valence electrons. The summed E-state index contributed by atoms with van der Waals surface area (Å²) in [6.45, 7) is 0.383. The van der Waals surface area contributed by atoms with Crippen molar-refractivity contribution in [2.45, 2.75) is 6.42 Å². The van der Waals surface area contributed by atoms with Crippen molar-refractivity contribution < 1.29 is 18.3 Å². The van der Waals surface area contributed by atoms with Crippen LogP contribution in [0.25, 0.3) is 0 Å². The van der Waals surface area contributed by atoms with Crippen molar-refractivity contribution in [3.8, 4) is 11.8 Å². The molecule has 0 aromatic heterocycles. The number of nitrogens with one attached hydrogen (secondary N) is 2. The average molecular weight is 310 g/mol. The Labute approximate surface area is 124 Å². The maximum absolute atomic E-state index is 11.8. The molecule has 0 heterocycles. The van der Waals surface area contributed by atoms with Crippen LogP contribution in [0.4, 0.5) is 0 Å². The molecule has 1 amide bonds. The third kappa shape index (κ3) is 7.46. The molecule has 1 aromatic carbocycles. The van der Waals surface area contributed by atoms with Gasteiger partial charge in [0.2, 0.25) is 10.0 Å². The molecule has 0 aliphatic heterocycles. The van der Waals surface area contributed by atoms with Gasteiger partial charge in [-0.1, -0.05) is 11.8 Å². The van der Waals surface area contributed by atoms with Gasteiger partial charge in [0.15, 0.2) is 0 Å². The number of rotatable bonds is 6. The predicted molar refractivity (Wildman–Crippen MR) is 80.2 cm³/mol. The van der Waals surface area contributed by atoms with Gasteiger partial charge in [-0.15, -0.1) is 0 Å². The summed E-state index contributed by atoms with van der Waals surface area (Å²) in [5.41, 5.74) is 1.24. The van der Waals surface area contributed by atoms with E-state index >= 15 is 0 Å². The van der Waals surface area contributed by atoms with Gasteiger partial charge < -0.3 is 10.4 Å². The Morgan fingerprint density at radius 3 is 2.48 bits per heavy atom. The van der Waals surface area contributed by atoms with E-state index in [2.05, 4.69) is 21.9 Å². The summed E-state index contributed by atoms with van der Waals surface area (Å²) in [6, 6.07) is 6.71. The van der Waals surface area contributed by atoms with Gasteiger partial charge in [0.25, 0.3) is 5.91 Å². The molecule has 0 bridgehead atoms. The number of carbonyl (C=O) groups excluding carboxylic acids is 1. The van der Waals surface area contributed by atoms with E-state index in [9.17, 15) is 13.2 Å². The second-order valence-corrected chi connectivity index (χ2v) is 6.11. The van der Waals surface area contributed by atoms with Gasteiger partial charge in [-0.05, 0) is 24.3 Å². The van der Waals surface area contributed by atoms with Gasteiger partial charge >= 0.3 is 0 Å². The van der Waals surface area contributed by atoms with Crippen LogP contribution in [0.1, 0.15) is 22.3 Å². The molecule has 6 nitrogen and oxygen atoms in total. The van der Waals surface area contributed by atoms with Crippen LogP contribution in [0, 0.1) is 11.8 Å². The molecule has 0 fully saturated rings. The van der Waals surface area contributed by atoms with Crippen molar-refractivity contribution in [1.82, 2.24) is 10.0 Å². The van der Waals surface area contributed by atoms with Crippen molar-refractivity contribution in [3.05, 3.63) is 35.4 Å². The SMILES string of the molecule is CS(=O)(=O)NCCNC(=O)c1ccc(C#CCCO)cc1. The second kappa shape index (κ2) is 8.42. The lowest BCUT2D eigenvalue weighted by Gasteiger charge is -2.05. The van der Waals surface area contributed by atoms with Crippen LogP contribution >= 0.6 is 0 Å². The van der Waals surface area contributed by atoms with Crippen LogP contribution in [0.3, 0.4) is 0 Å². The van der Waals surface area contributed by atoms with E-state index in [1.165, 1.54) is 0 Å². The zero-order chi connectivity index (χ0) is 15.7. The van der Waals surface area contributed by atoms with Crippen LogP contribution in [0.5, 0.6) is 0 Å². The number of sulfonamides is 1. The molecule has 7 heteroatoms. The normalized spacial score (nSPS) is 10.6. The quantitative estimate of drug-likeness (QED) is 0.496. The molecule has 0 radical (unpaired) electrons. The van der Waals surface area contributed by atoms with Crippen LogP contribution in [-0.2, 0) is 10.0 Å². The highest BCUT2D eigenvalue weighted by Gasteiger charge is 2.05. The molecule has 0 spiro atoms. The topological polar surface area (TPSA) is 95.5 Å². The number of aliphatic hydroxyl groups is 1. The predicted octanol–water partition coefficient (Wildman–Crippen LogP) is -0.300. The smallest absolute Gasteiger partial charge is 0.251 e. The fourth-order valence-electron chi connectivity index (χ4n) is 1.44. The molecular weight excluding hydrogens is 292 g/mol. The standard InChI is InChI=1S/C14H18N2O4S/c1-21(19,20)16-10-9-15-14(18)13-7-5-12(6-8-13)4-2-3-11-17/h5-8,16-17H,3,9-11H2,1H3,(H,15,18). The molecule has 0 unspecified atom stereocenters. The minimum absolute atomic E-state index is 0.0228. The second-order valence-electron chi connectivity index (χ2n) is 4.28.